The Bertz CT molecular complexity index is 642. The molecule has 0 fully saturated rings. The average molecular weight is 254 g/mol. The first-order valence-corrected chi connectivity index (χ1v) is 6.10. The molecule has 19 heavy (non-hydrogen) atoms. The van der Waals surface area contributed by atoms with Gasteiger partial charge in [-0.1, -0.05) is 12.1 Å². The van der Waals surface area contributed by atoms with Gasteiger partial charge in [0.05, 0.1) is 17.3 Å². The van der Waals surface area contributed by atoms with E-state index >= 15 is 0 Å². The fourth-order valence-electron chi connectivity index (χ4n) is 1.92. The van der Waals surface area contributed by atoms with Crippen molar-refractivity contribution >= 4 is 5.69 Å². The van der Waals surface area contributed by atoms with Crippen LogP contribution in [0.1, 0.15) is 22.3 Å². The maximum Gasteiger partial charge on any atom is 0.146 e. The summed E-state index contributed by atoms with van der Waals surface area (Å²) in [6.45, 7) is 4.35. The van der Waals surface area contributed by atoms with Crippen molar-refractivity contribution in [3.8, 4) is 6.07 Å². The normalized spacial score (nSPS) is 10.0. The molecule has 0 heterocycles. The lowest BCUT2D eigenvalue weighted by molar-refractivity contribution is 0.629. The van der Waals surface area contributed by atoms with Gasteiger partial charge >= 0.3 is 0 Å². The van der Waals surface area contributed by atoms with Crippen LogP contribution in [0.5, 0.6) is 0 Å². The lowest BCUT2D eigenvalue weighted by atomic mass is 10.1. The predicted molar refractivity (Wildman–Crippen MR) is 74.4 cm³/mol. The van der Waals surface area contributed by atoms with Crippen molar-refractivity contribution in [2.24, 2.45) is 0 Å². The highest BCUT2D eigenvalue weighted by Gasteiger charge is 2.04. The van der Waals surface area contributed by atoms with Gasteiger partial charge in [-0.15, -0.1) is 0 Å². The molecule has 0 aromatic heterocycles. The molecule has 0 saturated heterocycles. The van der Waals surface area contributed by atoms with Gasteiger partial charge in [0.15, 0.2) is 0 Å². The Morgan fingerprint density at radius 1 is 1.16 bits per heavy atom. The summed E-state index contributed by atoms with van der Waals surface area (Å²) in [4.78, 5) is 0. The van der Waals surface area contributed by atoms with Gasteiger partial charge in [-0.3, -0.25) is 0 Å². The molecule has 0 atom stereocenters. The smallest absolute Gasteiger partial charge is 0.146 e. The summed E-state index contributed by atoms with van der Waals surface area (Å²) in [6, 6.07) is 12.7. The number of nitrogens with zero attached hydrogens (tertiary/aromatic N) is 1. The Kier molecular flexibility index (Phi) is 3.82. The van der Waals surface area contributed by atoms with Crippen LogP contribution in [0.4, 0.5) is 10.1 Å². The molecule has 0 aliphatic carbocycles. The lowest BCUT2D eigenvalue weighted by Crippen LogP contribution is -2.03. The number of halogens is 1. The Balaban J connectivity index is 2.13. The third-order valence-corrected chi connectivity index (χ3v) is 3.07. The van der Waals surface area contributed by atoms with E-state index in [0.717, 1.165) is 16.7 Å². The van der Waals surface area contributed by atoms with Gasteiger partial charge in [0.25, 0.3) is 0 Å². The van der Waals surface area contributed by atoms with Gasteiger partial charge in [-0.2, -0.15) is 5.26 Å². The molecule has 2 aromatic rings. The molecule has 96 valence electrons. The molecule has 0 saturated carbocycles. The Morgan fingerprint density at radius 3 is 2.58 bits per heavy atom. The van der Waals surface area contributed by atoms with E-state index in [4.69, 9.17) is 5.26 Å². The van der Waals surface area contributed by atoms with Crippen molar-refractivity contribution < 1.29 is 4.39 Å². The van der Waals surface area contributed by atoms with Crippen LogP contribution in [0.15, 0.2) is 36.4 Å². The molecule has 0 spiro atoms. The molecule has 2 rings (SSSR count). The van der Waals surface area contributed by atoms with Crippen molar-refractivity contribution in [1.82, 2.24) is 0 Å². The first kappa shape index (κ1) is 13.1. The second-order valence-electron chi connectivity index (χ2n) is 4.59. The van der Waals surface area contributed by atoms with Crippen molar-refractivity contribution in [3.63, 3.8) is 0 Å². The Morgan fingerprint density at radius 2 is 1.95 bits per heavy atom. The average Bonchev–Trinajstić information content (AvgIpc) is 2.39. The van der Waals surface area contributed by atoms with Crippen LogP contribution in [-0.4, -0.2) is 0 Å². The minimum atomic E-state index is -0.244. The van der Waals surface area contributed by atoms with Gasteiger partial charge in [0.2, 0.25) is 0 Å². The fraction of sp³-hybridized carbons (Fsp3) is 0.188. The molecule has 0 amide bonds. The molecule has 0 radical (unpaired) electrons. The highest BCUT2D eigenvalue weighted by atomic mass is 19.1. The summed E-state index contributed by atoms with van der Waals surface area (Å²) in [7, 11) is 0. The van der Waals surface area contributed by atoms with E-state index in [1.165, 1.54) is 6.07 Å². The van der Waals surface area contributed by atoms with E-state index < -0.39 is 0 Å². The maximum atomic E-state index is 13.7. The summed E-state index contributed by atoms with van der Waals surface area (Å²) in [6.07, 6.45) is 0. The van der Waals surface area contributed by atoms with Gasteiger partial charge in [-0.25, -0.2) is 4.39 Å². The second kappa shape index (κ2) is 5.53. The van der Waals surface area contributed by atoms with E-state index in [1.807, 2.05) is 32.0 Å². The summed E-state index contributed by atoms with van der Waals surface area (Å²) in [5.74, 6) is -0.244. The quantitative estimate of drug-likeness (QED) is 0.900. The van der Waals surface area contributed by atoms with Crippen molar-refractivity contribution in [1.29, 1.82) is 5.26 Å². The molecule has 0 bridgehead atoms. The van der Waals surface area contributed by atoms with Crippen LogP contribution in [0.2, 0.25) is 0 Å². The molecule has 2 aromatic carbocycles. The second-order valence-corrected chi connectivity index (χ2v) is 4.59. The number of anilines is 1. The first-order chi connectivity index (χ1) is 9.10. The van der Waals surface area contributed by atoms with Crippen LogP contribution in [0, 0.1) is 31.0 Å². The van der Waals surface area contributed by atoms with Crippen molar-refractivity contribution in [2.45, 2.75) is 20.4 Å². The zero-order valence-corrected chi connectivity index (χ0v) is 11.0. The molecule has 0 aliphatic heterocycles. The maximum absolute atomic E-state index is 13.7. The third kappa shape index (κ3) is 3.11. The highest BCUT2D eigenvalue weighted by molar-refractivity contribution is 5.47. The summed E-state index contributed by atoms with van der Waals surface area (Å²) >= 11 is 0. The Hall–Kier alpha value is -2.34. The van der Waals surface area contributed by atoms with Crippen molar-refractivity contribution in [2.75, 3.05) is 5.32 Å². The number of aryl methyl sites for hydroxylation is 2. The lowest BCUT2D eigenvalue weighted by Gasteiger charge is -2.10. The number of hydrogen-bond donors (Lipinski definition) is 1. The zero-order chi connectivity index (χ0) is 13.8. The summed E-state index contributed by atoms with van der Waals surface area (Å²) in [5.41, 5.74) is 4.12. The van der Waals surface area contributed by atoms with Gasteiger partial charge in [0, 0.05) is 6.54 Å². The molecule has 2 nitrogen and oxygen atoms in total. The molecule has 3 heteroatoms. The van der Waals surface area contributed by atoms with Crippen LogP contribution in [-0.2, 0) is 6.54 Å². The number of nitrogens with one attached hydrogen (secondary N) is 1. The topological polar surface area (TPSA) is 35.8 Å². The molecular weight excluding hydrogens is 239 g/mol. The minimum absolute atomic E-state index is 0.244. The van der Waals surface area contributed by atoms with Crippen LogP contribution >= 0.6 is 0 Å². The minimum Gasteiger partial charge on any atom is -0.379 e. The number of nitriles is 1. The van der Waals surface area contributed by atoms with E-state index in [-0.39, 0.29) is 5.82 Å². The molecule has 1 N–H and O–H groups in total. The van der Waals surface area contributed by atoms with E-state index in [1.54, 1.807) is 12.1 Å². The summed E-state index contributed by atoms with van der Waals surface area (Å²) in [5, 5.41) is 11.9. The van der Waals surface area contributed by atoms with Crippen LogP contribution < -0.4 is 5.32 Å². The molecule has 0 unspecified atom stereocenters. The SMILES string of the molecule is Cc1ccc(NCc2ccc(C#N)cc2C)c(F)c1. The predicted octanol–water partition coefficient (Wildman–Crippen LogP) is 3.93. The number of rotatable bonds is 3. The standard InChI is InChI=1S/C16H15FN2/c1-11-3-6-16(15(17)7-11)19-10-14-5-4-13(9-18)8-12(14)2/h3-8,19H,10H2,1-2H3. The largest absolute Gasteiger partial charge is 0.379 e. The van der Waals surface area contributed by atoms with Crippen LogP contribution in [0.25, 0.3) is 0 Å². The third-order valence-electron chi connectivity index (χ3n) is 3.07. The zero-order valence-electron chi connectivity index (χ0n) is 11.0. The monoisotopic (exact) mass is 254 g/mol. The van der Waals surface area contributed by atoms with E-state index in [2.05, 4.69) is 11.4 Å². The van der Waals surface area contributed by atoms with Gasteiger partial charge < -0.3 is 5.32 Å². The fourth-order valence-corrected chi connectivity index (χ4v) is 1.92. The first-order valence-electron chi connectivity index (χ1n) is 6.10. The van der Waals surface area contributed by atoms with Crippen molar-refractivity contribution in [3.05, 3.63) is 64.5 Å². The summed E-state index contributed by atoms with van der Waals surface area (Å²) < 4.78 is 13.7. The van der Waals surface area contributed by atoms with Gasteiger partial charge in [0.1, 0.15) is 5.82 Å². The van der Waals surface area contributed by atoms with E-state index in [0.29, 0.717) is 17.8 Å². The Labute approximate surface area is 112 Å². The van der Waals surface area contributed by atoms with Crippen LogP contribution in [0.3, 0.4) is 0 Å². The molecular formula is C16H15FN2. The number of hydrogen-bond acceptors (Lipinski definition) is 2. The molecule has 0 aliphatic rings. The highest BCUT2D eigenvalue weighted by Crippen LogP contribution is 2.18. The van der Waals surface area contributed by atoms with Gasteiger partial charge in [-0.05, 0) is 54.8 Å². The number of benzene rings is 2. The van der Waals surface area contributed by atoms with E-state index in [9.17, 15) is 4.39 Å².